The highest BCUT2D eigenvalue weighted by atomic mass is 16.5. The standard InChI is InChI=1S/C29H35N3O2/c1-21(27-8-4-6-23-5-2-3-7-28(23)27)31-24-15-18-32(20-24)25-11-9-22(10-12-25)19-29(33)34-26-13-16-30-17-14-26/h2-12,21,24,26,30-31H,13-20H2,1H3/t21-,24+/m1/s1. The maximum atomic E-state index is 12.3. The average Bonchev–Trinajstić information content (AvgIpc) is 3.33. The highest BCUT2D eigenvalue weighted by Gasteiger charge is 2.25. The average molecular weight is 458 g/mol. The molecule has 5 heteroatoms. The van der Waals surface area contributed by atoms with E-state index >= 15 is 0 Å². The van der Waals surface area contributed by atoms with E-state index in [0.717, 1.165) is 51.0 Å². The van der Waals surface area contributed by atoms with Gasteiger partial charge in [-0.3, -0.25) is 4.79 Å². The normalized spacial score (nSPS) is 19.9. The van der Waals surface area contributed by atoms with Gasteiger partial charge in [0.15, 0.2) is 0 Å². The summed E-state index contributed by atoms with van der Waals surface area (Å²) in [6, 6.07) is 24.4. The second kappa shape index (κ2) is 10.6. The molecule has 178 valence electrons. The van der Waals surface area contributed by atoms with Crippen LogP contribution in [-0.2, 0) is 16.0 Å². The Morgan fingerprint density at radius 3 is 2.62 bits per heavy atom. The molecule has 5 rings (SSSR count). The van der Waals surface area contributed by atoms with Gasteiger partial charge in [0.1, 0.15) is 6.10 Å². The van der Waals surface area contributed by atoms with Crippen LogP contribution in [0.2, 0.25) is 0 Å². The van der Waals surface area contributed by atoms with Gasteiger partial charge in [-0.1, -0.05) is 54.6 Å². The number of hydrogen-bond donors (Lipinski definition) is 2. The van der Waals surface area contributed by atoms with E-state index in [1.807, 2.05) is 0 Å². The predicted octanol–water partition coefficient (Wildman–Crippen LogP) is 4.61. The summed E-state index contributed by atoms with van der Waals surface area (Å²) in [7, 11) is 0. The molecule has 2 fully saturated rings. The van der Waals surface area contributed by atoms with Crippen molar-refractivity contribution in [1.82, 2.24) is 10.6 Å². The third kappa shape index (κ3) is 5.43. The van der Waals surface area contributed by atoms with E-state index in [1.165, 1.54) is 22.0 Å². The Balaban J connectivity index is 1.14. The molecule has 2 aliphatic rings. The molecule has 34 heavy (non-hydrogen) atoms. The van der Waals surface area contributed by atoms with Gasteiger partial charge >= 0.3 is 5.97 Å². The van der Waals surface area contributed by atoms with Crippen LogP contribution >= 0.6 is 0 Å². The molecule has 0 amide bonds. The third-order valence-electron chi connectivity index (χ3n) is 7.20. The Labute approximate surface area is 202 Å². The van der Waals surface area contributed by atoms with E-state index in [4.69, 9.17) is 4.74 Å². The number of fused-ring (bicyclic) bond motifs is 1. The molecule has 0 aliphatic carbocycles. The van der Waals surface area contributed by atoms with Crippen LogP contribution in [0.4, 0.5) is 5.69 Å². The van der Waals surface area contributed by atoms with Gasteiger partial charge in [-0.2, -0.15) is 0 Å². The fourth-order valence-electron chi connectivity index (χ4n) is 5.33. The Bertz CT molecular complexity index is 1100. The number of nitrogens with one attached hydrogen (secondary N) is 2. The van der Waals surface area contributed by atoms with Crippen LogP contribution < -0.4 is 15.5 Å². The second-order valence-electron chi connectivity index (χ2n) is 9.67. The first-order chi connectivity index (χ1) is 16.7. The molecule has 2 N–H and O–H groups in total. The number of esters is 1. The number of nitrogens with zero attached hydrogens (tertiary/aromatic N) is 1. The monoisotopic (exact) mass is 457 g/mol. The summed E-state index contributed by atoms with van der Waals surface area (Å²) in [6.45, 7) is 6.16. The smallest absolute Gasteiger partial charge is 0.310 e. The minimum Gasteiger partial charge on any atom is -0.462 e. The summed E-state index contributed by atoms with van der Waals surface area (Å²) >= 11 is 0. The Morgan fingerprint density at radius 1 is 1.03 bits per heavy atom. The molecule has 5 nitrogen and oxygen atoms in total. The molecule has 2 atom stereocenters. The third-order valence-corrected chi connectivity index (χ3v) is 7.20. The summed E-state index contributed by atoms with van der Waals surface area (Å²) < 4.78 is 5.64. The zero-order valence-corrected chi connectivity index (χ0v) is 20.0. The minimum atomic E-state index is -0.118. The van der Waals surface area contributed by atoms with Gasteiger partial charge in [-0.15, -0.1) is 0 Å². The molecular weight excluding hydrogens is 422 g/mol. The molecule has 2 saturated heterocycles. The number of piperidine rings is 1. The molecule has 0 aromatic heterocycles. The van der Waals surface area contributed by atoms with Crippen LogP contribution in [-0.4, -0.2) is 44.3 Å². The van der Waals surface area contributed by atoms with Crippen molar-refractivity contribution >= 4 is 22.4 Å². The van der Waals surface area contributed by atoms with Crippen molar-refractivity contribution in [2.45, 2.75) is 50.8 Å². The predicted molar refractivity (Wildman–Crippen MR) is 138 cm³/mol. The van der Waals surface area contributed by atoms with Crippen molar-refractivity contribution < 1.29 is 9.53 Å². The molecule has 2 heterocycles. The second-order valence-corrected chi connectivity index (χ2v) is 9.67. The highest BCUT2D eigenvalue weighted by molar-refractivity contribution is 5.86. The lowest BCUT2D eigenvalue weighted by molar-refractivity contribution is -0.149. The van der Waals surface area contributed by atoms with Crippen LogP contribution in [0, 0.1) is 0 Å². The number of hydrogen-bond acceptors (Lipinski definition) is 5. The van der Waals surface area contributed by atoms with E-state index in [9.17, 15) is 4.79 Å². The molecule has 3 aromatic rings. The van der Waals surface area contributed by atoms with Gasteiger partial charge in [-0.25, -0.2) is 0 Å². The van der Waals surface area contributed by atoms with E-state index in [0.29, 0.717) is 18.5 Å². The number of benzene rings is 3. The first kappa shape index (κ1) is 22.9. The van der Waals surface area contributed by atoms with Gasteiger partial charge in [0.25, 0.3) is 0 Å². The van der Waals surface area contributed by atoms with Crippen LogP contribution in [0.15, 0.2) is 66.7 Å². The van der Waals surface area contributed by atoms with Crippen molar-refractivity contribution in [3.8, 4) is 0 Å². The van der Waals surface area contributed by atoms with Crippen LogP contribution in [0.1, 0.15) is 43.4 Å². The first-order valence-electron chi connectivity index (χ1n) is 12.6. The van der Waals surface area contributed by atoms with Crippen molar-refractivity contribution in [2.75, 3.05) is 31.1 Å². The van der Waals surface area contributed by atoms with E-state index < -0.39 is 0 Å². The van der Waals surface area contributed by atoms with Gasteiger partial charge in [-0.05, 0) is 73.3 Å². The summed E-state index contributed by atoms with van der Waals surface area (Å²) in [5.41, 5.74) is 3.59. The number of ether oxygens (including phenoxy) is 1. The summed E-state index contributed by atoms with van der Waals surface area (Å²) in [5, 5.41) is 9.78. The van der Waals surface area contributed by atoms with Crippen molar-refractivity contribution in [3.05, 3.63) is 77.9 Å². The molecule has 0 unspecified atom stereocenters. The van der Waals surface area contributed by atoms with E-state index in [2.05, 4.69) is 89.2 Å². The lowest BCUT2D eigenvalue weighted by Gasteiger charge is -2.23. The first-order valence-corrected chi connectivity index (χ1v) is 12.6. The van der Waals surface area contributed by atoms with Crippen molar-refractivity contribution in [1.29, 1.82) is 0 Å². The van der Waals surface area contributed by atoms with Crippen molar-refractivity contribution in [3.63, 3.8) is 0 Å². The lowest BCUT2D eigenvalue weighted by atomic mass is 9.99. The van der Waals surface area contributed by atoms with Crippen LogP contribution in [0.5, 0.6) is 0 Å². The summed E-state index contributed by atoms with van der Waals surface area (Å²) in [4.78, 5) is 14.7. The Kier molecular flexibility index (Phi) is 7.12. The van der Waals surface area contributed by atoms with Crippen molar-refractivity contribution in [2.24, 2.45) is 0 Å². The molecule has 2 aliphatic heterocycles. The zero-order chi connectivity index (χ0) is 23.3. The van der Waals surface area contributed by atoms with E-state index in [-0.39, 0.29) is 12.1 Å². The molecule has 0 spiro atoms. The van der Waals surface area contributed by atoms with Gasteiger partial charge in [0.2, 0.25) is 0 Å². The fraction of sp³-hybridized carbons (Fsp3) is 0.414. The molecule has 0 radical (unpaired) electrons. The number of carbonyl (C=O) groups excluding carboxylic acids is 1. The summed E-state index contributed by atoms with van der Waals surface area (Å²) in [5.74, 6) is -0.118. The quantitative estimate of drug-likeness (QED) is 0.508. The van der Waals surface area contributed by atoms with Crippen LogP contribution in [0.3, 0.4) is 0 Å². The Morgan fingerprint density at radius 2 is 1.79 bits per heavy atom. The maximum absolute atomic E-state index is 12.3. The highest BCUT2D eigenvalue weighted by Crippen LogP contribution is 2.27. The van der Waals surface area contributed by atoms with Gasteiger partial charge in [0.05, 0.1) is 6.42 Å². The number of rotatable bonds is 7. The topological polar surface area (TPSA) is 53.6 Å². The number of anilines is 1. The lowest BCUT2D eigenvalue weighted by Crippen LogP contribution is -2.34. The minimum absolute atomic E-state index is 0.0679. The SMILES string of the molecule is C[C@@H](N[C@H]1CCN(c2ccc(CC(=O)OC3CCNCC3)cc2)C1)c1cccc2ccccc12. The number of carbonyl (C=O) groups is 1. The fourth-order valence-corrected chi connectivity index (χ4v) is 5.33. The van der Waals surface area contributed by atoms with Crippen LogP contribution in [0.25, 0.3) is 10.8 Å². The summed E-state index contributed by atoms with van der Waals surface area (Å²) in [6.07, 6.45) is 3.36. The molecule has 0 saturated carbocycles. The largest absolute Gasteiger partial charge is 0.462 e. The van der Waals surface area contributed by atoms with Gasteiger partial charge < -0.3 is 20.3 Å². The maximum Gasteiger partial charge on any atom is 0.310 e. The molecule has 0 bridgehead atoms. The Hall–Kier alpha value is -2.89. The molecule has 3 aromatic carbocycles. The van der Waals surface area contributed by atoms with E-state index in [1.54, 1.807) is 0 Å². The molecular formula is C29H35N3O2. The zero-order valence-electron chi connectivity index (χ0n) is 20.0. The van der Waals surface area contributed by atoms with Gasteiger partial charge in [0, 0.05) is 30.9 Å².